The van der Waals surface area contributed by atoms with Crippen molar-refractivity contribution in [2.24, 2.45) is 0 Å². The molecule has 0 saturated heterocycles. The lowest BCUT2D eigenvalue weighted by Crippen LogP contribution is -2.29. The van der Waals surface area contributed by atoms with Crippen LogP contribution < -0.4 is 10.6 Å². The van der Waals surface area contributed by atoms with Gasteiger partial charge in [-0.05, 0) is 86.2 Å². The van der Waals surface area contributed by atoms with Gasteiger partial charge in [-0.15, -0.1) is 0 Å². The van der Waals surface area contributed by atoms with Gasteiger partial charge in [0, 0.05) is 29.7 Å². The quantitative estimate of drug-likeness (QED) is 0.398. The van der Waals surface area contributed by atoms with E-state index in [1.807, 2.05) is 66.7 Å². The van der Waals surface area contributed by atoms with E-state index >= 15 is 0 Å². The van der Waals surface area contributed by atoms with Crippen LogP contribution >= 0.6 is 0 Å². The van der Waals surface area contributed by atoms with Crippen LogP contribution in [-0.2, 0) is 0 Å². The van der Waals surface area contributed by atoms with Crippen LogP contribution in [0.4, 0.5) is 11.4 Å². The number of carbonyl (C=O) groups excluding carboxylic acids is 1. The maximum absolute atomic E-state index is 12.3. The number of aromatic nitrogens is 1. The third-order valence-electron chi connectivity index (χ3n) is 5.31. The van der Waals surface area contributed by atoms with Gasteiger partial charge in [-0.1, -0.05) is 38.1 Å². The number of hydrogen-bond acceptors (Lipinski definition) is 4. The van der Waals surface area contributed by atoms with Gasteiger partial charge in [-0.25, -0.2) is 0 Å². The van der Waals surface area contributed by atoms with Gasteiger partial charge in [0.05, 0.1) is 5.69 Å². The summed E-state index contributed by atoms with van der Waals surface area (Å²) in [7, 11) is 0. The summed E-state index contributed by atoms with van der Waals surface area (Å²) in [6.45, 7) is 8.11. The Kier molecular flexibility index (Phi) is 9.02. The van der Waals surface area contributed by atoms with E-state index in [0.29, 0.717) is 12.1 Å². The van der Waals surface area contributed by atoms with Crippen LogP contribution in [0.2, 0.25) is 0 Å². The lowest BCUT2D eigenvalue weighted by molar-refractivity contribution is 0.0952. The molecule has 2 N–H and O–H groups in total. The molecular weight excluding hydrogens is 396 g/mol. The lowest BCUT2D eigenvalue weighted by atomic mass is 10.1. The van der Waals surface area contributed by atoms with Crippen LogP contribution in [-0.4, -0.2) is 42.0 Å². The zero-order chi connectivity index (χ0) is 22.6. The normalized spacial score (nSPS) is 11.1. The summed E-state index contributed by atoms with van der Waals surface area (Å²) >= 11 is 0. The number of benzene rings is 2. The fourth-order valence-corrected chi connectivity index (χ4v) is 3.35. The molecule has 0 atom stereocenters. The molecule has 3 aromatic rings. The molecule has 32 heavy (non-hydrogen) atoms. The van der Waals surface area contributed by atoms with Crippen LogP contribution in [0.25, 0.3) is 12.2 Å². The van der Waals surface area contributed by atoms with Crippen LogP contribution in [0.5, 0.6) is 0 Å². The average molecular weight is 429 g/mol. The van der Waals surface area contributed by atoms with Crippen molar-refractivity contribution >= 4 is 29.4 Å². The summed E-state index contributed by atoms with van der Waals surface area (Å²) in [6, 6.07) is 21.6. The predicted molar refractivity (Wildman–Crippen MR) is 134 cm³/mol. The molecule has 0 unspecified atom stereocenters. The Morgan fingerprint density at radius 1 is 0.906 bits per heavy atom. The van der Waals surface area contributed by atoms with Gasteiger partial charge in [0.2, 0.25) is 0 Å². The van der Waals surface area contributed by atoms with E-state index in [1.54, 1.807) is 6.20 Å². The van der Waals surface area contributed by atoms with E-state index in [1.165, 1.54) is 0 Å². The number of nitrogens with one attached hydrogen (secondary N) is 2. The fourth-order valence-electron chi connectivity index (χ4n) is 3.35. The molecule has 0 spiro atoms. The first-order valence-corrected chi connectivity index (χ1v) is 11.2. The molecule has 166 valence electrons. The largest absolute Gasteiger partial charge is 0.356 e. The molecule has 3 rings (SSSR count). The summed E-state index contributed by atoms with van der Waals surface area (Å²) in [5.74, 6) is -0.0276. The Morgan fingerprint density at radius 3 is 2.22 bits per heavy atom. The molecule has 1 heterocycles. The summed E-state index contributed by atoms with van der Waals surface area (Å²) in [5.41, 5.74) is 4.65. The summed E-state index contributed by atoms with van der Waals surface area (Å²) in [5, 5.41) is 6.38. The smallest absolute Gasteiger partial charge is 0.251 e. The zero-order valence-electron chi connectivity index (χ0n) is 18.9. The van der Waals surface area contributed by atoms with E-state index in [9.17, 15) is 4.79 Å². The van der Waals surface area contributed by atoms with Gasteiger partial charge < -0.3 is 15.5 Å². The molecule has 1 aromatic heterocycles. The molecule has 0 aliphatic rings. The standard InChI is InChI=1S/C27H32N4O/c1-3-31(4-2)21-7-20-29-27(32)23-12-17-26(18-13-23)30-25-15-10-22(11-16-25)9-14-24-8-5-6-19-28-24/h5-6,8-19,30H,3-4,7,20-21H2,1-2H3,(H,29,32). The van der Waals surface area contributed by atoms with Crippen LogP contribution in [0.1, 0.15) is 41.9 Å². The third kappa shape index (κ3) is 7.36. The number of nitrogens with zero attached hydrogens (tertiary/aromatic N) is 2. The number of rotatable bonds is 11. The maximum Gasteiger partial charge on any atom is 0.251 e. The second kappa shape index (κ2) is 12.4. The molecule has 0 aliphatic carbocycles. The van der Waals surface area contributed by atoms with Crippen molar-refractivity contribution in [2.75, 3.05) is 31.5 Å². The molecule has 0 radical (unpaired) electrons. The second-order valence-corrected chi connectivity index (χ2v) is 7.55. The van der Waals surface area contributed by atoms with Gasteiger partial charge in [0.25, 0.3) is 5.91 Å². The van der Waals surface area contributed by atoms with Crippen molar-refractivity contribution in [3.63, 3.8) is 0 Å². The Balaban J connectivity index is 1.47. The molecule has 0 aliphatic heterocycles. The molecule has 5 heteroatoms. The first kappa shape index (κ1) is 23.2. The highest BCUT2D eigenvalue weighted by Gasteiger charge is 2.06. The highest BCUT2D eigenvalue weighted by Crippen LogP contribution is 2.18. The van der Waals surface area contributed by atoms with Crippen molar-refractivity contribution in [1.29, 1.82) is 0 Å². The summed E-state index contributed by atoms with van der Waals surface area (Å²) in [6.07, 6.45) is 6.78. The monoisotopic (exact) mass is 428 g/mol. The molecule has 0 bridgehead atoms. The second-order valence-electron chi connectivity index (χ2n) is 7.55. The Labute approximate surface area is 191 Å². The minimum atomic E-state index is -0.0276. The zero-order valence-corrected chi connectivity index (χ0v) is 18.9. The predicted octanol–water partition coefficient (Wildman–Crippen LogP) is 5.46. The van der Waals surface area contributed by atoms with Gasteiger partial charge in [0.1, 0.15) is 0 Å². The van der Waals surface area contributed by atoms with Crippen LogP contribution in [0.15, 0.2) is 72.9 Å². The average Bonchev–Trinajstić information content (AvgIpc) is 2.85. The van der Waals surface area contributed by atoms with E-state index < -0.39 is 0 Å². The van der Waals surface area contributed by atoms with Gasteiger partial charge in [0.15, 0.2) is 0 Å². The maximum atomic E-state index is 12.3. The minimum Gasteiger partial charge on any atom is -0.356 e. The molecule has 5 nitrogen and oxygen atoms in total. The highest BCUT2D eigenvalue weighted by atomic mass is 16.1. The lowest BCUT2D eigenvalue weighted by Gasteiger charge is -2.17. The van der Waals surface area contributed by atoms with Gasteiger partial charge >= 0.3 is 0 Å². The number of pyridine rings is 1. The first-order valence-electron chi connectivity index (χ1n) is 11.2. The topological polar surface area (TPSA) is 57.3 Å². The van der Waals surface area contributed by atoms with E-state index in [2.05, 4.69) is 46.5 Å². The van der Waals surface area contributed by atoms with Crippen LogP contribution in [0, 0.1) is 0 Å². The number of carbonyl (C=O) groups is 1. The molecule has 1 amide bonds. The van der Waals surface area contributed by atoms with Crippen molar-refractivity contribution < 1.29 is 4.79 Å². The van der Waals surface area contributed by atoms with Crippen molar-refractivity contribution in [2.45, 2.75) is 20.3 Å². The summed E-state index contributed by atoms with van der Waals surface area (Å²) < 4.78 is 0. The molecule has 2 aromatic carbocycles. The van der Waals surface area contributed by atoms with Crippen molar-refractivity contribution in [3.05, 3.63) is 89.7 Å². The fraction of sp³-hybridized carbons (Fsp3) is 0.259. The SMILES string of the molecule is CCN(CC)CCCNC(=O)c1ccc(Nc2ccc(C=Cc3ccccn3)cc2)cc1. The number of amides is 1. The van der Waals surface area contributed by atoms with Gasteiger partial charge in [-0.3, -0.25) is 9.78 Å². The Hall–Kier alpha value is -3.44. The van der Waals surface area contributed by atoms with E-state index in [4.69, 9.17) is 0 Å². The van der Waals surface area contributed by atoms with Gasteiger partial charge in [-0.2, -0.15) is 0 Å². The molecular formula is C27H32N4O. The number of hydrogen-bond donors (Lipinski definition) is 2. The van der Waals surface area contributed by atoms with Crippen molar-refractivity contribution in [1.82, 2.24) is 15.2 Å². The first-order chi connectivity index (χ1) is 15.7. The minimum absolute atomic E-state index is 0.0276. The molecule has 0 fully saturated rings. The Bertz CT molecular complexity index is 978. The highest BCUT2D eigenvalue weighted by molar-refractivity contribution is 5.94. The van der Waals surface area contributed by atoms with Crippen LogP contribution in [0.3, 0.4) is 0 Å². The third-order valence-corrected chi connectivity index (χ3v) is 5.31. The number of anilines is 2. The Morgan fingerprint density at radius 2 is 1.59 bits per heavy atom. The van der Waals surface area contributed by atoms with E-state index in [-0.39, 0.29) is 5.91 Å². The van der Waals surface area contributed by atoms with Crippen molar-refractivity contribution in [3.8, 4) is 0 Å². The van der Waals surface area contributed by atoms with E-state index in [0.717, 1.165) is 48.7 Å². The summed E-state index contributed by atoms with van der Waals surface area (Å²) in [4.78, 5) is 19.0. The molecule has 0 saturated carbocycles.